The highest BCUT2D eigenvalue weighted by Crippen LogP contribution is 2.35. The molecule has 0 aliphatic carbocycles. The van der Waals surface area contributed by atoms with Crippen molar-refractivity contribution in [2.45, 2.75) is 0 Å². The van der Waals surface area contributed by atoms with E-state index in [0.29, 0.717) is 17.3 Å². The van der Waals surface area contributed by atoms with Crippen molar-refractivity contribution in [3.05, 3.63) is 65.9 Å². The van der Waals surface area contributed by atoms with Crippen molar-refractivity contribution >= 4 is 17.2 Å². The van der Waals surface area contributed by atoms with E-state index >= 15 is 0 Å². The maximum atomic E-state index is 9.81. The second kappa shape index (κ2) is 5.82. The Morgan fingerprint density at radius 1 is 0.958 bits per heavy atom. The van der Waals surface area contributed by atoms with Crippen molar-refractivity contribution in [1.82, 2.24) is 19.8 Å². The van der Waals surface area contributed by atoms with Gasteiger partial charge in [0.1, 0.15) is 11.5 Å². The quantitative estimate of drug-likeness (QED) is 0.612. The lowest BCUT2D eigenvalue weighted by Gasteiger charge is -2.11. The number of aromatic hydroxyl groups is 1. The van der Waals surface area contributed by atoms with Crippen molar-refractivity contribution in [1.29, 1.82) is 0 Å². The summed E-state index contributed by atoms with van der Waals surface area (Å²) in [4.78, 5) is 0. The molecule has 2 aromatic carbocycles. The first kappa shape index (κ1) is 14.5. The van der Waals surface area contributed by atoms with Gasteiger partial charge in [0.2, 0.25) is 11.2 Å². The summed E-state index contributed by atoms with van der Waals surface area (Å²) in [6.45, 7) is 0. The highest BCUT2D eigenvalue weighted by Gasteiger charge is 2.11. The summed E-state index contributed by atoms with van der Waals surface area (Å²) in [6, 6.07) is 17.9. The molecule has 24 heavy (non-hydrogen) atoms. The number of nitrogens with zero attached hydrogens (tertiary/aromatic N) is 4. The van der Waals surface area contributed by atoms with Gasteiger partial charge >= 0.3 is 0 Å². The normalized spacial score (nSPS) is 10.9. The fourth-order valence-electron chi connectivity index (χ4n) is 2.36. The van der Waals surface area contributed by atoms with Gasteiger partial charge in [0.05, 0.1) is 0 Å². The predicted molar refractivity (Wildman–Crippen MR) is 89.4 cm³/mol. The third kappa shape index (κ3) is 2.63. The van der Waals surface area contributed by atoms with E-state index in [2.05, 4.69) is 15.3 Å². The van der Waals surface area contributed by atoms with Crippen LogP contribution in [-0.4, -0.2) is 24.9 Å². The molecule has 0 unspecified atom stereocenters. The molecule has 2 aromatic heterocycles. The third-order valence-electron chi connectivity index (χ3n) is 3.46. The molecule has 7 heteroatoms. The molecule has 0 fully saturated rings. The summed E-state index contributed by atoms with van der Waals surface area (Å²) < 4.78 is 7.28. The molecule has 6 nitrogen and oxygen atoms in total. The predicted octanol–water partition coefficient (Wildman–Crippen LogP) is 3.94. The molecule has 0 saturated heterocycles. The molecule has 0 bridgehead atoms. The summed E-state index contributed by atoms with van der Waals surface area (Å²) in [5.41, 5.74) is 2.21. The first-order chi connectivity index (χ1) is 11.7. The van der Waals surface area contributed by atoms with Crippen LogP contribution in [0.25, 0.3) is 16.8 Å². The lowest BCUT2D eigenvalue weighted by atomic mass is 10.0. The number of halogens is 1. The molecular weight excluding hydrogens is 328 g/mol. The minimum absolute atomic E-state index is 0.157. The lowest BCUT2D eigenvalue weighted by molar-refractivity contribution is 0.448. The van der Waals surface area contributed by atoms with Crippen LogP contribution in [0.4, 0.5) is 0 Å². The average molecular weight is 339 g/mol. The molecule has 0 radical (unpaired) electrons. The van der Waals surface area contributed by atoms with Gasteiger partial charge in [0, 0.05) is 11.6 Å². The fourth-order valence-corrected chi connectivity index (χ4v) is 2.53. The Kier molecular flexibility index (Phi) is 3.51. The molecule has 0 amide bonds. The van der Waals surface area contributed by atoms with Gasteiger partial charge in [-0.15, -0.1) is 15.3 Å². The van der Waals surface area contributed by atoms with Gasteiger partial charge in [-0.05, 0) is 41.4 Å². The van der Waals surface area contributed by atoms with Gasteiger partial charge in [-0.25, -0.2) is 0 Å². The molecule has 1 N–H and O–H groups in total. The third-order valence-corrected chi connectivity index (χ3v) is 3.70. The Morgan fingerprint density at radius 2 is 1.79 bits per heavy atom. The van der Waals surface area contributed by atoms with Crippen molar-refractivity contribution in [2.24, 2.45) is 0 Å². The fraction of sp³-hybridized carbons (Fsp3) is 0. The molecule has 0 spiro atoms. The SMILES string of the molecule is Oc1ccc(Oc2ccc3nnc(Cl)n3n2)c(-c2ccccc2)c1. The van der Waals surface area contributed by atoms with E-state index in [0.717, 1.165) is 11.1 Å². The van der Waals surface area contributed by atoms with E-state index < -0.39 is 0 Å². The van der Waals surface area contributed by atoms with Gasteiger partial charge in [0.15, 0.2) is 5.65 Å². The first-order valence-electron chi connectivity index (χ1n) is 7.15. The van der Waals surface area contributed by atoms with E-state index in [4.69, 9.17) is 16.3 Å². The molecule has 118 valence electrons. The summed E-state index contributed by atoms with van der Waals surface area (Å²) in [6.07, 6.45) is 0. The molecule has 4 aromatic rings. The Balaban J connectivity index is 1.77. The highest BCUT2D eigenvalue weighted by molar-refractivity contribution is 6.28. The van der Waals surface area contributed by atoms with E-state index in [-0.39, 0.29) is 11.0 Å². The smallest absolute Gasteiger partial charge is 0.246 e. The number of fused-ring (bicyclic) bond motifs is 1. The second-order valence-corrected chi connectivity index (χ2v) is 5.40. The maximum absolute atomic E-state index is 9.81. The number of aromatic nitrogens is 4. The lowest BCUT2D eigenvalue weighted by Crippen LogP contribution is -1.96. The second-order valence-electron chi connectivity index (χ2n) is 5.06. The molecular formula is C17H11ClN4O2. The van der Waals surface area contributed by atoms with Gasteiger partial charge in [0.25, 0.3) is 0 Å². The number of ether oxygens (including phenoxy) is 1. The maximum Gasteiger partial charge on any atom is 0.246 e. The summed E-state index contributed by atoms with van der Waals surface area (Å²) >= 11 is 5.93. The Morgan fingerprint density at radius 3 is 2.62 bits per heavy atom. The van der Waals surface area contributed by atoms with Gasteiger partial charge in [-0.3, -0.25) is 0 Å². The van der Waals surface area contributed by atoms with Crippen molar-refractivity contribution in [3.63, 3.8) is 0 Å². The van der Waals surface area contributed by atoms with E-state index in [1.54, 1.807) is 30.3 Å². The van der Waals surface area contributed by atoms with Crippen molar-refractivity contribution in [3.8, 4) is 28.5 Å². The molecule has 0 aliphatic heterocycles. The molecule has 0 aliphatic rings. The summed E-state index contributed by atoms with van der Waals surface area (Å²) in [7, 11) is 0. The van der Waals surface area contributed by atoms with Gasteiger partial charge in [-0.2, -0.15) is 4.52 Å². The van der Waals surface area contributed by atoms with Crippen molar-refractivity contribution < 1.29 is 9.84 Å². The monoisotopic (exact) mass is 338 g/mol. The van der Waals surface area contributed by atoms with E-state index in [9.17, 15) is 5.11 Å². The van der Waals surface area contributed by atoms with E-state index in [1.807, 2.05) is 30.3 Å². The highest BCUT2D eigenvalue weighted by atomic mass is 35.5. The topological polar surface area (TPSA) is 72.5 Å². The summed E-state index contributed by atoms with van der Waals surface area (Å²) in [5, 5.41) is 21.8. The molecule has 0 atom stereocenters. The number of rotatable bonds is 3. The number of phenols is 1. The number of phenolic OH excluding ortho intramolecular Hbond substituents is 1. The Labute approximate surface area is 141 Å². The first-order valence-corrected chi connectivity index (χ1v) is 7.53. The van der Waals surface area contributed by atoms with Crippen LogP contribution in [0.3, 0.4) is 0 Å². The molecule has 4 rings (SSSR count). The van der Waals surface area contributed by atoms with Crippen LogP contribution in [0.15, 0.2) is 60.7 Å². The zero-order chi connectivity index (χ0) is 16.5. The summed E-state index contributed by atoms with van der Waals surface area (Å²) in [5.74, 6) is 1.06. The Hall–Kier alpha value is -3.12. The zero-order valence-corrected chi connectivity index (χ0v) is 13.1. The van der Waals surface area contributed by atoms with Crippen molar-refractivity contribution in [2.75, 3.05) is 0 Å². The van der Waals surface area contributed by atoms with Crippen LogP contribution >= 0.6 is 11.6 Å². The zero-order valence-electron chi connectivity index (χ0n) is 12.3. The van der Waals surface area contributed by atoms with Crippen LogP contribution in [0.5, 0.6) is 17.4 Å². The van der Waals surface area contributed by atoms with Gasteiger partial charge in [-0.1, -0.05) is 30.3 Å². The largest absolute Gasteiger partial charge is 0.508 e. The van der Waals surface area contributed by atoms with Crippen LogP contribution < -0.4 is 4.74 Å². The van der Waals surface area contributed by atoms with Gasteiger partial charge < -0.3 is 9.84 Å². The average Bonchev–Trinajstić information content (AvgIpc) is 2.98. The van der Waals surface area contributed by atoms with Crippen LogP contribution in [-0.2, 0) is 0 Å². The van der Waals surface area contributed by atoms with Crippen LogP contribution in [0.2, 0.25) is 5.28 Å². The standard InChI is InChI=1S/C17H11ClN4O2/c18-17-20-19-15-8-9-16(21-22(15)17)24-14-7-6-12(23)10-13(14)11-4-2-1-3-5-11/h1-10,23H. The Bertz CT molecular complexity index is 1020. The number of hydrogen-bond donors (Lipinski definition) is 1. The molecule has 0 saturated carbocycles. The number of hydrogen-bond acceptors (Lipinski definition) is 5. The minimum Gasteiger partial charge on any atom is -0.508 e. The number of benzene rings is 2. The van der Waals surface area contributed by atoms with E-state index in [1.165, 1.54) is 4.52 Å². The molecule has 2 heterocycles. The van der Waals surface area contributed by atoms with Crippen LogP contribution in [0, 0.1) is 0 Å². The van der Waals surface area contributed by atoms with Crippen LogP contribution in [0.1, 0.15) is 0 Å². The minimum atomic E-state index is 0.157.